The minimum Gasteiger partial charge on any atom is -0.599 e. The first-order valence-corrected chi connectivity index (χ1v) is 12.5. The molecule has 3 N–H and O–H groups in total. The molecule has 1 aliphatic heterocycles. The van der Waals surface area contributed by atoms with Crippen LogP contribution >= 0.6 is 0 Å². The lowest BCUT2D eigenvalue weighted by Crippen LogP contribution is -2.72. The summed E-state index contributed by atoms with van der Waals surface area (Å²) in [6.07, 6.45) is 1.49. The third-order valence-electron chi connectivity index (χ3n) is 6.76. The lowest BCUT2D eigenvalue weighted by molar-refractivity contribution is -0.815. The molecule has 1 aromatic heterocycles. The quantitative estimate of drug-likeness (QED) is 0.369. The number of aromatic nitrogens is 4. The average Bonchev–Trinajstić information content (AvgIpc) is 3.60. The number of carbonyl (C=O) groups excluding carboxylic acids is 3. The van der Waals surface area contributed by atoms with E-state index < -0.39 is 39.8 Å². The van der Waals surface area contributed by atoms with Crippen molar-refractivity contribution in [2.75, 3.05) is 11.6 Å². The van der Waals surface area contributed by atoms with Crippen molar-refractivity contribution in [3.63, 3.8) is 0 Å². The van der Waals surface area contributed by atoms with Gasteiger partial charge in [-0.25, -0.2) is 14.6 Å². The molecule has 0 spiro atoms. The third kappa shape index (κ3) is 5.27. The summed E-state index contributed by atoms with van der Waals surface area (Å²) in [5.74, 6) is -0.872. The molecule has 13 nitrogen and oxygen atoms in total. The molecule has 2 aliphatic rings. The van der Waals surface area contributed by atoms with Gasteiger partial charge in [0.2, 0.25) is 5.91 Å². The zero-order valence-electron chi connectivity index (χ0n) is 21.6. The van der Waals surface area contributed by atoms with Gasteiger partial charge in [-0.05, 0) is 52.2 Å². The van der Waals surface area contributed by atoms with E-state index in [-0.39, 0.29) is 25.3 Å². The van der Waals surface area contributed by atoms with Gasteiger partial charge in [-0.15, -0.1) is 10.2 Å². The summed E-state index contributed by atoms with van der Waals surface area (Å²) in [5, 5.41) is 34.9. The van der Waals surface area contributed by atoms with Crippen LogP contribution in [0.4, 0.5) is 10.5 Å². The number of para-hydroxylation sites is 1. The summed E-state index contributed by atoms with van der Waals surface area (Å²) in [4.78, 5) is 40.3. The summed E-state index contributed by atoms with van der Waals surface area (Å²) in [5.41, 5.74) is -0.875. The number of hydroxylamine groups is 2. The standard InChI is InChI=1S/C24H34N8O5/c1-5-32(36,21(34)24(12-8-9-13-24)26-22(35)37-23(2,3)4)31-17-11-7-6-10-16(17)14-18(31)20(33)25-15-19-27-29-30-28-19/h6-7,10-11,18H,5,8-9,12-15H2,1-4H3,(H,25,33)(H,26,35)(H,27,28,29,30). The summed E-state index contributed by atoms with van der Waals surface area (Å²) >= 11 is 0. The summed E-state index contributed by atoms with van der Waals surface area (Å²) in [6, 6.07) is 6.21. The Morgan fingerprint density at radius 2 is 1.95 bits per heavy atom. The first kappa shape index (κ1) is 26.5. The van der Waals surface area contributed by atoms with E-state index in [0.29, 0.717) is 31.4 Å². The number of fused-ring (bicyclic) bond motifs is 1. The van der Waals surface area contributed by atoms with Crippen LogP contribution in [-0.2, 0) is 27.3 Å². The van der Waals surface area contributed by atoms with Crippen LogP contribution in [0, 0.1) is 5.21 Å². The third-order valence-corrected chi connectivity index (χ3v) is 6.76. The molecule has 2 aromatic rings. The first-order valence-electron chi connectivity index (χ1n) is 12.5. The number of ether oxygens (including phenoxy) is 1. The van der Waals surface area contributed by atoms with Gasteiger partial charge in [0.1, 0.15) is 12.1 Å². The maximum absolute atomic E-state index is 14.6. The minimum atomic E-state index is -1.42. The molecule has 1 fully saturated rings. The number of tetrazole rings is 1. The number of quaternary nitrogens is 1. The minimum absolute atomic E-state index is 0.0130. The smallest absolute Gasteiger partial charge is 0.408 e. The SMILES string of the molecule is CC[N+]([O-])(C(=O)C1(NC(=O)OC(C)(C)C)CCCC1)N1c2ccccc2CC1C(=O)NCc1nn[nH]n1. The van der Waals surface area contributed by atoms with Crippen molar-refractivity contribution in [1.29, 1.82) is 0 Å². The number of nitrogens with one attached hydrogen (secondary N) is 3. The molecule has 1 saturated carbocycles. The van der Waals surface area contributed by atoms with Gasteiger partial charge >= 0.3 is 12.0 Å². The molecule has 0 saturated heterocycles. The number of rotatable bonds is 7. The topological polar surface area (TPSA) is 165 Å². The molecule has 3 amide bonds. The number of carbonyl (C=O) groups is 3. The molecule has 0 bridgehead atoms. The van der Waals surface area contributed by atoms with Crippen LogP contribution in [0.5, 0.6) is 0 Å². The van der Waals surface area contributed by atoms with Gasteiger partial charge in [0.15, 0.2) is 17.4 Å². The number of nitrogens with zero attached hydrogens (tertiary/aromatic N) is 5. The number of hydrogen-bond donors (Lipinski definition) is 3. The largest absolute Gasteiger partial charge is 0.599 e. The van der Waals surface area contributed by atoms with Crippen LogP contribution in [0.15, 0.2) is 24.3 Å². The summed E-state index contributed by atoms with van der Waals surface area (Å²) in [7, 11) is 0. The molecular formula is C24H34N8O5. The Hall–Kier alpha value is -3.58. The van der Waals surface area contributed by atoms with Gasteiger partial charge in [0.25, 0.3) is 0 Å². The monoisotopic (exact) mass is 514 g/mol. The maximum Gasteiger partial charge on any atom is 0.408 e. The van der Waals surface area contributed by atoms with Crippen LogP contribution in [0.1, 0.15) is 64.8 Å². The Morgan fingerprint density at radius 3 is 2.57 bits per heavy atom. The molecule has 0 radical (unpaired) electrons. The highest BCUT2D eigenvalue weighted by atomic mass is 16.6. The van der Waals surface area contributed by atoms with Crippen LogP contribution in [0.2, 0.25) is 0 Å². The fourth-order valence-electron chi connectivity index (χ4n) is 5.11. The van der Waals surface area contributed by atoms with Crippen molar-refractivity contribution >= 4 is 23.6 Å². The average molecular weight is 515 g/mol. The van der Waals surface area contributed by atoms with Crippen molar-refractivity contribution in [2.24, 2.45) is 0 Å². The van der Waals surface area contributed by atoms with E-state index in [4.69, 9.17) is 4.74 Å². The molecule has 13 heteroatoms. The zero-order chi connectivity index (χ0) is 26.8. The number of benzene rings is 1. The Morgan fingerprint density at radius 1 is 1.24 bits per heavy atom. The Kier molecular flexibility index (Phi) is 7.20. The molecule has 2 heterocycles. The fraction of sp³-hybridized carbons (Fsp3) is 0.583. The highest BCUT2D eigenvalue weighted by Gasteiger charge is 2.56. The van der Waals surface area contributed by atoms with Crippen LogP contribution < -0.4 is 15.6 Å². The van der Waals surface area contributed by atoms with Gasteiger partial charge in [0, 0.05) is 6.42 Å². The highest BCUT2D eigenvalue weighted by Crippen LogP contribution is 2.41. The Bertz CT molecular complexity index is 1140. The molecule has 200 valence electrons. The van der Waals surface area contributed by atoms with Crippen molar-refractivity contribution in [3.8, 4) is 0 Å². The van der Waals surface area contributed by atoms with Gasteiger partial charge in [-0.2, -0.15) is 9.97 Å². The fourth-order valence-corrected chi connectivity index (χ4v) is 5.11. The summed E-state index contributed by atoms with van der Waals surface area (Å²) in [6.45, 7) is 6.65. The number of anilines is 1. The number of aromatic amines is 1. The molecule has 2 atom stereocenters. The highest BCUT2D eigenvalue weighted by molar-refractivity contribution is 5.90. The molecule has 1 aliphatic carbocycles. The van der Waals surface area contributed by atoms with Crippen LogP contribution in [0.3, 0.4) is 0 Å². The number of alkyl carbamates (subject to hydrolysis) is 1. The van der Waals surface area contributed by atoms with E-state index in [0.717, 1.165) is 5.56 Å². The lowest BCUT2D eigenvalue weighted by atomic mass is 9.95. The molecular weight excluding hydrogens is 480 g/mol. The summed E-state index contributed by atoms with van der Waals surface area (Å²) < 4.78 is 4.00. The van der Waals surface area contributed by atoms with E-state index in [9.17, 15) is 19.6 Å². The van der Waals surface area contributed by atoms with E-state index in [2.05, 4.69) is 31.3 Å². The second-order valence-corrected chi connectivity index (χ2v) is 10.5. The normalized spacial score (nSPS) is 20.1. The molecule has 1 aromatic carbocycles. The van der Waals surface area contributed by atoms with Gasteiger partial charge in [0.05, 0.1) is 12.2 Å². The van der Waals surface area contributed by atoms with E-state index in [1.54, 1.807) is 39.8 Å². The second-order valence-electron chi connectivity index (χ2n) is 10.5. The molecule has 2 unspecified atom stereocenters. The first-order chi connectivity index (χ1) is 17.5. The Balaban J connectivity index is 1.67. The second kappa shape index (κ2) is 10.1. The van der Waals surface area contributed by atoms with Gasteiger partial charge in [-0.3, -0.25) is 4.79 Å². The van der Waals surface area contributed by atoms with Crippen molar-refractivity contribution < 1.29 is 23.9 Å². The van der Waals surface area contributed by atoms with Crippen molar-refractivity contribution in [3.05, 3.63) is 40.9 Å². The number of amides is 3. The van der Waals surface area contributed by atoms with Crippen molar-refractivity contribution in [2.45, 2.75) is 83.5 Å². The predicted molar refractivity (Wildman–Crippen MR) is 132 cm³/mol. The lowest BCUT2D eigenvalue weighted by Gasteiger charge is -2.50. The van der Waals surface area contributed by atoms with Crippen LogP contribution in [-0.4, -0.2) is 67.0 Å². The number of H-pyrrole nitrogens is 1. The van der Waals surface area contributed by atoms with Gasteiger partial charge < -0.3 is 20.6 Å². The van der Waals surface area contributed by atoms with Crippen LogP contribution in [0.25, 0.3) is 0 Å². The predicted octanol–water partition coefficient (Wildman–Crippen LogP) is 1.86. The van der Waals surface area contributed by atoms with E-state index in [1.807, 2.05) is 12.1 Å². The van der Waals surface area contributed by atoms with Crippen molar-refractivity contribution in [1.82, 2.24) is 31.3 Å². The molecule has 37 heavy (non-hydrogen) atoms. The number of hydrogen-bond acceptors (Lipinski definition) is 9. The number of likely N-dealkylation sites (N-methyl/N-ethyl adjacent to an activating group) is 1. The zero-order valence-corrected chi connectivity index (χ0v) is 21.6. The van der Waals surface area contributed by atoms with E-state index in [1.165, 1.54) is 5.01 Å². The molecule has 4 rings (SSSR count). The maximum atomic E-state index is 14.6. The Labute approximate surface area is 215 Å². The van der Waals surface area contributed by atoms with E-state index >= 15 is 0 Å². The van der Waals surface area contributed by atoms with Gasteiger partial charge in [-0.1, -0.05) is 36.3 Å².